The number of aliphatic hydroxyl groups excluding tert-OH is 1. The molecule has 0 saturated carbocycles. The summed E-state index contributed by atoms with van der Waals surface area (Å²) in [5.41, 5.74) is 2.44. The Morgan fingerprint density at radius 3 is 2.43 bits per heavy atom. The standard InChI is InChI=1S/C13H18F2N5O14P3/c1-2-29-9-5-8(18-11(16)19-9)20(4-17-5)10-6-7(21)12(32-10,13(14,15)31-6)3-30-36(25,26)34-37(27,28)33-35(22,23)24/h4,6-7,10,21H,2-3H2,1H3,(H,25,26)(H,27,28)(H2,16,18,19)(H2,22,23,24)/t6-,7+,10-,12-/m1/s1. The first-order valence-electron chi connectivity index (χ1n) is 9.73. The number of aliphatic hydroxyl groups is 1. The van der Waals surface area contributed by atoms with Crippen LogP contribution in [0.3, 0.4) is 0 Å². The molecule has 4 rings (SSSR count). The summed E-state index contributed by atoms with van der Waals surface area (Å²) < 4.78 is 91.3. The van der Waals surface area contributed by atoms with Crippen molar-refractivity contribution in [1.29, 1.82) is 0 Å². The number of anilines is 1. The van der Waals surface area contributed by atoms with Gasteiger partial charge in [0, 0.05) is 0 Å². The molecule has 37 heavy (non-hydrogen) atoms. The van der Waals surface area contributed by atoms with Gasteiger partial charge in [0.15, 0.2) is 17.4 Å². The third kappa shape index (κ3) is 5.28. The van der Waals surface area contributed by atoms with E-state index in [1.807, 2.05) is 0 Å². The van der Waals surface area contributed by atoms with E-state index < -0.39 is 60.2 Å². The van der Waals surface area contributed by atoms with E-state index >= 15 is 0 Å². The smallest absolute Gasteiger partial charge is 0.476 e. The highest BCUT2D eigenvalue weighted by molar-refractivity contribution is 7.66. The van der Waals surface area contributed by atoms with Crippen molar-refractivity contribution < 1.29 is 74.5 Å². The number of hydrogen-bond acceptors (Lipinski definition) is 14. The molecule has 0 radical (unpaired) electrons. The van der Waals surface area contributed by atoms with Crippen LogP contribution in [0.5, 0.6) is 5.88 Å². The first kappa shape index (κ1) is 28.3. The maximum atomic E-state index is 14.7. The third-order valence-corrected chi connectivity index (χ3v) is 8.78. The highest BCUT2D eigenvalue weighted by atomic mass is 31.3. The normalized spacial score (nSPS) is 30.3. The lowest BCUT2D eigenvalue weighted by Gasteiger charge is -2.36. The summed E-state index contributed by atoms with van der Waals surface area (Å²) in [6.07, 6.45) is -8.93. The Kier molecular flexibility index (Phi) is 7.04. The summed E-state index contributed by atoms with van der Waals surface area (Å²) in [6, 6.07) is 0. The van der Waals surface area contributed by atoms with E-state index in [1.165, 1.54) is 0 Å². The predicted molar refractivity (Wildman–Crippen MR) is 109 cm³/mol. The number of phosphoric acid groups is 3. The average Bonchev–Trinajstić information content (AvgIpc) is 3.30. The maximum Gasteiger partial charge on any atom is 0.490 e. The zero-order chi connectivity index (χ0) is 27.6. The Bertz CT molecular complexity index is 1360. The van der Waals surface area contributed by atoms with Crippen LogP contribution in [0.25, 0.3) is 11.2 Å². The first-order chi connectivity index (χ1) is 16.9. The minimum atomic E-state index is -5.93. The SMILES string of the molecule is CCOc1nc(N)nc2c1ncn2[C@@H]1O[C@]2(COP(=O)(O)OP(=O)(O)OP(=O)(O)O)[C@@H](O)[C@H]1OC2(F)F. The van der Waals surface area contributed by atoms with Crippen molar-refractivity contribution >= 4 is 40.6 Å². The van der Waals surface area contributed by atoms with Crippen LogP contribution in [0.2, 0.25) is 0 Å². The van der Waals surface area contributed by atoms with Gasteiger partial charge in [-0.3, -0.25) is 9.09 Å². The predicted octanol–water partition coefficient (Wildman–Crippen LogP) is -0.229. The van der Waals surface area contributed by atoms with Crippen molar-refractivity contribution in [3.05, 3.63) is 6.33 Å². The maximum absolute atomic E-state index is 14.7. The molecule has 2 aliphatic heterocycles. The van der Waals surface area contributed by atoms with Gasteiger partial charge in [0.1, 0.15) is 12.2 Å². The molecule has 7 N–H and O–H groups in total. The zero-order valence-corrected chi connectivity index (χ0v) is 20.8. The van der Waals surface area contributed by atoms with Gasteiger partial charge in [-0.15, -0.1) is 0 Å². The number of rotatable bonds is 10. The summed E-state index contributed by atoms with van der Waals surface area (Å²) >= 11 is 0. The molecule has 2 aromatic heterocycles. The van der Waals surface area contributed by atoms with Gasteiger partial charge in [-0.05, 0) is 6.92 Å². The quantitative estimate of drug-likeness (QED) is 0.192. The van der Waals surface area contributed by atoms with Gasteiger partial charge in [-0.25, -0.2) is 18.7 Å². The van der Waals surface area contributed by atoms with Gasteiger partial charge < -0.3 is 44.6 Å². The van der Waals surface area contributed by atoms with E-state index in [9.17, 15) is 37.4 Å². The van der Waals surface area contributed by atoms with Crippen molar-refractivity contribution in [2.45, 2.75) is 37.1 Å². The van der Waals surface area contributed by atoms with Gasteiger partial charge >= 0.3 is 29.6 Å². The summed E-state index contributed by atoms with van der Waals surface area (Å²) in [6.45, 7) is 0.123. The van der Waals surface area contributed by atoms with Crippen LogP contribution in [0.4, 0.5) is 14.7 Å². The molecule has 6 atom stereocenters. The van der Waals surface area contributed by atoms with Crippen molar-refractivity contribution in [1.82, 2.24) is 19.5 Å². The molecule has 0 aromatic carbocycles. The number of nitrogen functional groups attached to an aromatic ring is 1. The highest BCUT2D eigenvalue weighted by Crippen LogP contribution is 2.67. The molecule has 2 fully saturated rings. The summed E-state index contributed by atoms with van der Waals surface area (Å²) in [5.74, 6) is -0.323. The second-order valence-corrected chi connectivity index (χ2v) is 11.9. The molecule has 2 unspecified atom stereocenters. The number of ether oxygens (including phenoxy) is 3. The Hall–Kier alpha value is -1.70. The fraction of sp³-hybridized carbons (Fsp3) is 0.615. The molecule has 19 nitrogen and oxygen atoms in total. The summed E-state index contributed by atoms with van der Waals surface area (Å²) in [7, 11) is -17.5. The van der Waals surface area contributed by atoms with Crippen LogP contribution in [0.1, 0.15) is 13.2 Å². The van der Waals surface area contributed by atoms with Crippen LogP contribution >= 0.6 is 23.5 Å². The molecule has 2 bridgehead atoms. The third-order valence-electron chi connectivity index (χ3n) is 5.00. The molecule has 0 spiro atoms. The number of halogens is 2. The molecule has 2 aromatic rings. The van der Waals surface area contributed by atoms with Crippen LogP contribution in [0.15, 0.2) is 6.33 Å². The number of nitrogens with zero attached hydrogens (tertiary/aromatic N) is 4. The van der Waals surface area contributed by atoms with Crippen LogP contribution in [-0.2, 0) is 36.3 Å². The van der Waals surface area contributed by atoms with Crippen LogP contribution in [0, 0.1) is 0 Å². The number of aromatic nitrogens is 4. The molecule has 208 valence electrons. The van der Waals surface area contributed by atoms with Crippen LogP contribution < -0.4 is 10.5 Å². The summed E-state index contributed by atoms with van der Waals surface area (Å²) in [4.78, 5) is 47.9. The molecule has 0 amide bonds. The van der Waals surface area contributed by atoms with E-state index in [1.54, 1.807) is 6.92 Å². The fourth-order valence-electron chi connectivity index (χ4n) is 3.64. The largest absolute Gasteiger partial charge is 0.490 e. The van der Waals surface area contributed by atoms with Gasteiger partial charge in [0.25, 0.3) is 0 Å². The molecule has 2 aliphatic rings. The number of imidazole rings is 1. The molecular weight excluding hydrogens is 581 g/mol. The number of nitrogens with two attached hydrogens (primary N) is 1. The van der Waals surface area contributed by atoms with Gasteiger partial charge in [-0.1, -0.05) is 0 Å². The average molecular weight is 599 g/mol. The molecule has 2 saturated heterocycles. The number of phosphoric ester groups is 1. The van der Waals surface area contributed by atoms with Gasteiger partial charge in [-0.2, -0.15) is 27.4 Å². The lowest BCUT2D eigenvalue weighted by atomic mass is 9.98. The topological polar surface area (TPSA) is 277 Å². The van der Waals surface area contributed by atoms with E-state index in [0.717, 1.165) is 10.9 Å². The minimum absolute atomic E-state index is 0.0407. The van der Waals surface area contributed by atoms with Crippen molar-refractivity contribution in [3.8, 4) is 5.88 Å². The number of fused-ring (bicyclic) bond motifs is 3. The van der Waals surface area contributed by atoms with Gasteiger partial charge in [0.05, 0.1) is 19.5 Å². The molecular formula is C13H18F2N5O14P3. The van der Waals surface area contributed by atoms with E-state index in [4.69, 9.17) is 25.0 Å². The Labute approximate surface area is 203 Å². The second-order valence-electron chi connectivity index (χ2n) is 7.45. The van der Waals surface area contributed by atoms with Crippen molar-refractivity contribution in [3.63, 3.8) is 0 Å². The summed E-state index contributed by atoms with van der Waals surface area (Å²) in [5, 5.41) is 10.6. The van der Waals surface area contributed by atoms with E-state index in [-0.39, 0.29) is 29.6 Å². The molecule has 4 heterocycles. The Morgan fingerprint density at radius 1 is 1.14 bits per heavy atom. The second kappa shape index (κ2) is 9.20. The van der Waals surface area contributed by atoms with Crippen molar-refractivity contribution in [2.75, 3.05) is 18.9 Å². The number of hydrogen-bond donors (Lipinski definition) is 6. The lowest BCUT2D eigenvalue weighted by molar-refractivity contribution is -0.370. The fourth-order valence-corrected chi connectivity index (χ4v) is 6.69. The number of alkyl halides is 2. The van der Waals surface area contributed by atoms with E-state index in [0.29, 0.717) is 0 Å². The first-order valence-corrected chi connectivity index (χ1v) is 14.2. The highest BCUT2D eigenvalue weighted by Gasteiger charge is 2.77. The zero-order valence-electron chi connectivity index (χ0n) is 18.1. The monoisotopic (exact) mass is 599 g/mol. The van der Waals surface area contributed by atoms with Crippen LogP contribution in [-0.4, -0.2) is 81.3 Å². The molecule has 24 heteroatoms. The van der Waals surface area contributed by atoms with Crippen molar-refractivity contribution in [2.24, 2.45) is 0 Å². The minimum Gasteiger partial charge on any atom is -0.476 e. The molecule has 0 aliphatic carbocycles. The van der Waals surface area contributed by atoms with E-state index in [2.05, 4.69) is 32.8 Å². The van der Waals surface area contributed by atoms with Gasteiger partial charge in [0.2, 0.25) is 17.4 Å². The lowest BCUT2D eigenvalue weighted by Crippen LogP contribution is -2.55. The Balaban J connectivity index is 1.61. The Morgan fingerprint density at radius 2 is 1.81 bits per heavy atom.